The van der Waals surface area contributed by atoms with Crippen molar-refractivity contribution in [1.82, 2.24) is 20.3 Å². The molecule has 0 spiro atoms. The quantitative estimate of drug-likeness (QED) is 0.449. The minimum absolute atomic E-state index is 0.0980. The monoisotopic (exact) mass is 475 g/mol. The molecule has 3 fully saturated rings. The Morgan fingerprint density at radius 3 is 2.61 bits per heavy atom. The number of anilines is 1. The van der Waals surface area contributed by atoms with Crippen LogP contribution in [0.4, 0.5) is 19.2 Å². The van der Waals surface area contributed by atoms with Crippen LogP contribution < -0.4 is 19.7 Å². The lowest BCUT2D eigenvalue weighted by atomic mass is 9.92. The molecule has 7 rings (SSSR count). The summed E-state index contributed by atoms with van der Waals surface area (Å²) in [6.45, 7) is 1.60. The van der Waals surface area contributed by atoms with Gasteiger partial charge in [-0.15, -0.1) is 24.5 Å². The predicted octanol–water partition coefficient (Wildman–Crippen LogP) is 4.59. The fraction of sp³-hybridized carbons (Fsp3) is 0.286. The van der Waals surface area contributed by atoms with Crippen molar-refractivity contribution in [2.24, 2.45) is 0 Å². The Kier molecular flexibility index (Phi) is 4.66. The molecule has 12 heteroatoms. The molecule has 8 nitrogen and oxygen atoms in total. The third-order valence-corrected chi connectivity index (χ3v) is 6.31. The van der Waals surface area contributed by atoms with Gasteiger partial charge in [-0.1, -0.05) is 0 Å². The molecule has 0 radical (unpaired) electrons. The Bertz CT molecular complexity index is 1280. The summed E-state index contributed by atoms with van der Waals surface area (Å²) in [5.74, 6) is 0.0403. The minimum Gasteiger partial charge on any atom is -0.437 e. The zero-order valence-corrected chi connectivity index (χ0v) is 17.7. The second-order valence-corrected chi connectivity index (χ2v) is 8.70. The van der Waals surface area contributed by atoms with Gasteiger partial charge >= 0.3 is 6.36 Å². The van der Waals surface area contributed by atoms with Crippen LogP contribution in [0.25, 0.3) is 21.7 Å². The van der Waals surface area contributed by atoms with Crippen molar-refractivity contribution in [2.75, 3.05) is 18.0 Å². The Hall–Kier alpha value is -3.38. The van der Waals surface area contributed by atoms with Gasteiger partial charge in [0.05, 0.1) is 11.8 Å². The second kappa shape index (κ2) is 7.59. The number of pyridine rings is 1. The third-order valence-electron chi connectivity index (χ3n) is 5.51. The zero-order valence-electron chi connectivity index (χ0n) is 16.9. The number of halogens is 3. The number of thiazole rings is 1. The standard InChI is InChI=1S/C21H16F3N5O3S/c22-21(23,24)32-13-1-4-16(26-8-13)30-15-3-2-14(19-25-5-6-33-19)18-17(15)28-20(31-18)29-9-11-7-12(10-29)27-11/h1-6,8,11-12,27H,7,9-10H2. The number of rotatable bonds is 5. The Balaban J connectivity index is 1.35. The van der Waals surface area contributed by atoms with Crippen molar-refractivity contribution >= 4 is 28.5 Å². The number of alkyl halides is 3. The Morgan fingerprint density at radius 2 is 1.94 bits per heavy atom. The van der Waals surface area contributed by atoms with Crippen molar-refractivity contribution in [3.8, 4) is 28.0 Å². The molecule has 3 aromatic heterocycles. The number of hydrogen-bond acceptors (Lipinski definition) is 9. The van der Waals surface area contributed by atoms with Crippen molar-refractivity contribution in [3.05, 3.63) is 42.0 Å². The van der Waals surface area contributed by atoms with Gasteiger partial charge in [0.1, 0.15) is 10.8 Å². The van der Waals surface area contributed by atoms with E-state index in [0.29, 0.717) is 34.9 Å². The van der Waals surface area contributed by atoms with Crippen molar-refractivity contribution in [1.29, 1.82) is 0 Å². The largest absolute Gasteiger partial charge is 0.573 e. The lowest BCUT2D eigenvalue weighted by molar-refractivity contribution is -0.274. The van der Waals surface area contributed by atoms with Gasteiger partial charge in [0.25, 0.3) is 6.01 Å². The Morgan fingerprint density at radius 1 is 1.12 bits per heavy atom. The molecule has 3 aliphatic rings. The average Bonchev–Trinajstić information content (AvgIpc) is 3.44. The first kappa shape index (κ1) is 20.2. The van der Waals surface area contributed by atoms with Gasteiger partial charge in [-0.25, -0.2) is 9.97 Å². The van der Waals surface area contributed by atoms with Crippen molar-refractivity contribution in [2.45, 2.75) is 24.9 Å². The number of ether oxygens (including phenoxy) is 2. The molecule has 2 atom stereocenters. The maximum absolute atomic E-state index is 12.4. The summed E-state index contributed by atoms with van der Waals surface area (Å²) < 4.78 is 53.1. The lowest BCUT2D eigenvalue weighted by Crippen LogP contribution is -2.67. The van der Waals surface area contributed by atoms with Gasteiger partial charge in [0.2, 0.25) is 5.88 Å². The van der Waals surface area contributed by atoms with Crippen LogP contribution in [0.1, 0.15) is 6.42 Å². The molecule has 2 bridgehead atoms. The van der Waals surface area contributed by atoms with E-state index in [1.54, 1.807) is 12.3 Å². The smallest absolute Gasteiger partial charge is 0.437 e. The number of hydrogen-bond donors (Lipinski definition) is 1. The number of piperazine rings is 1. The van der Waals surface area contributed by atoms with E-state index < -0.39 is 12.1 Å². The van der Waals surface area contributed by atoms with E-state index in [9.17, 15) is 13.2 Å². The number of nitrogens with zero attached hydrogens (tertiary/aromatic N) is 4. The van der Waals surface area contributed by atoms with Crippen molar-refractivity contribution < 1.29 is 27.1 Å². The molecular weight excluding hydrogens is 459 g/mol. The van der Waals surface area contributed by atoms with Crippen LogP contribution in [-0.2, 0) is 0 Å². The molecule has 4 aromatic rings. The van der Waals surface area contributed by atoms with Crippen LogP contribution in [0.5, 0.6) is 17.4 Å². The van der Waals surface area contributed by atoms with Gasteiger partial charge in [-0.05, 0) is 24.6 Å². The molecule has 3 saturated heterocycles. The van der Waals surface area contributed by atoms with Crippen LogP contribution in [-0.4, -0.2) is 46.5 Å². The summed E-state index contributed by atoms with van der Waals surface area (Å²) in [6.07, 6.45) is -0.976. The zero-order chi connectivity index (χ0) is 22.6. The molecule has 2 unspecified atom stereocenters. The molecule has 0 aliphatic carbocycles. The Labute approximate surface area is 189 Å². The number of benzene rings is 1. The van der Waals surface area contributed by atoms with E-state index in [-0.39, 0.29) is 5.88 Å². The van der Waals surface area contributed by atoms with E-state index in [4.69, 9.17) is 14.1 Å². The fourth-order valence-electron chi connectivity index (χ4n) is 4.12. The van der Waals surface area contributed by atoms with Gasteiger partial charge in [-0.3, -0.25) is 0 Å². The van der Waals surface area contributed by atoms with Gasteiger partial charge in [-0.2, -0.15) is 4.98 Å². The summed E-state index contributed by atoms with van der Waals surface area (Å²) in [5.41, 5.74) is 1.80. The molecule has 170 valence electrons. The highest BCUT2D eigenvalue weighted by Gasteiger charge is 2.38. The molecule has 33 heavy (non-hydrogen) atoms. The number of oxazole rings is 1. The second-order valence-electron chi connectivity index (χ2n) is 7.81. The molecule has 3 aliphatic heterocycles. The normalized spacial score (nSPS) is 20.0. The molecule has 1 N–H and O–H groups in total. The van der Waals surface area contributed by atoms with Crippen LogP contribution in [0.15, 0.2) is 46.5 Å². The molecule has 6 heterocycles. The topological polar surface area (TPSA) is 85.5 Å². The number of fused-ring (bicyclic) bond motifs is 3. The number of aromatic nitrogens is 3. The molecule has 0 amide bonds. The third kappa shape index (κ3) is 3.95. The van der Waals surface area contributed by atoms with E-state index in [2.05, 4.69) is 24.9 Å². The van der Waals surface area contributed by atoms with E-state index in [0.717, 1.165) is 42.3 Å². The highest BCUT2D eigenvalue weighted by molar-refractivity contribution is 7.13. The average molecular weight is 475 g/mol. The fourth-order valence-corrected chi connectivity index (χ4v) is 4.78. The summed E-state index contributed by atoms with van der Waals surface area (Å²) in [6, 6.07) is 7.33. The number of nitrogens with one attached hydrogen (secondary N) is 1. The number of piperidine rings is 1. The van der Waals surface area contributed by atoms with Crippen LogP contribution in [0, 0.1) is 0 Å². The maximum Gasteiger partial charge on any atom is 0.573 e. The van der Waals surface area contributed by atoms with Crippen LogP contribution >= 0.6 is 11.3 Å². The highest BCUT2D eigenvalue weighted by Crippen LogP contribution is 2.40. The minimum atomic E-state index is -4.79. The van der Waals surface area contributed by atoms with Gasteiger partial charge < -0.3 is 24.1 Å². The maximum atomic E-state index is 12.4. The summed E-state index contributed by atoms with van der Waals surface area (Å²) in [5, 5.41) is 6.13. The lowest BCUT2D eigenvalue weighted by Gasteiger charge is -2.47. The SMILES string of the molecule is FC(F)(F)Oc1ccc(Oc2ccc(-c3nccs3)c3oc(N4CC5CC(C4)N5)nc23)nc1. The predicted molar refractivity (Wildman–Crippen MR) is 114 cm³/mol. The van der Waals surface area contributed by atoms with E-state index >= 15 is 0 Å². The molecular formula is C21H16F3N5O3S. The summed E-state index contributed by atoms with van der Waals surface area (Å²) in [7, 11) is 0. The first-order valence-electron chi connectivity index (χ1n) is 10.2. The molecule has 1 aromatic carbocycles. The van der Waals surface area contributed by atoms with Gasteiger partial charge in [0.15, 0.2) is 16.8 Å². The summed E-state index contributed by atoms with van der Waals surface area (Å²) in [4.78, 5) is 15.1. The highest BCUT2D eigenvalue weighted by atomic mass is 32.1. The van der Waals surface area contributed by atoms with E-state index in [1.165, 1.54) is 17.4 Å². The van der Waals surface area contributed by atoms with Crippen molar-refractivity contribution in [3.63, 3.8) is 0 Å². The first-order valence-corrected chi connectivity index (χ1v) is 11.0. The molecule has 0 saturated carbocycles. The van der Waals surface area contributed by atoms with Gasteiger partial charge in [0, 0.05) is 42.8 Å². The first-order chi connectivity index (χ1) is 15.9. The van der Waals surface area contributed by atoms with Crippen LogP contribution in [0.3, 0.4) is 0 Å². The van der Waals surface area contributed by atoms with E-state index in [1.807, 2.05) is 11.4 Å². The van der Waals surface area contributed by atoms with Crippen LogP contribution in [0.2, 0.25) is 0 Å². The summed E-state index contributed by atoms with van der Waals surface area (Å²) >= 11 is 1.48.